The molecule has 0 aliphatic heterocycles. The molecule has 0 radical (unpaired) electrons. The van der Waals surface area contributed by atoms with Crippen LogP contribution in [0.5, 0.6) is 0 Å². The molecule has 0 unspecified atom stereocenters. The maximum absolute atomic E-state index is 2.46. The lowest BCUT2D eigenvalue weighted by atomic mass is 9.85. The smallest absolute Gasteiger partial charge is 0.0547 e. The Morgan fingerprint density at radius 1 is 0.243 bits per heavy atom. The summed E-state index contributed by atoms with van der Waals surface area (Å²) in [7, 11) is 0. The minimum absolute atomic E-state index is 1.13. The molecule has 0 saturated heterocycles. The second-order valence-electron chi connectivity index (χ2n) is 18.4. The average molecular weight is 906 g/mol. The Hall–Kier alpha value is -8.82. The molecule has 0 N–H and O–H groups in total. The van der Waals surface area contributed by atoms with E-state index in [4.69, 9.17) is 0 Å². The van der Waals surface area contributed by atoms with E-state index in [0.29, 0.717) is 0 Å². The molecule has 0 amide bonds. The molecule has 0 aliphatic rings. The fraction of sp³-hybridized carbons (Fsp3) is 0. The predicted octanol–water partition coefficient (Wildman–Crippen LogP) is 19.5. The van der Waals surface area contributed by atoms with Gasteiger partial charge in [0.15, 0.2) is 0 Å². The molecule has 0 spiro atoms. The highest BCUT2D eigenvalue weighted by Crippen LogP contribution is 2.47. The zero-order valence-electron chi connectivity index (χ0n) is 38.2. The highest BCUT2D eigenvalue weighted by atomic mass is 32.1. The number of nitrogens with zero attached hydrogens (tertiary/aromatic N) is 1. The number of hydrogen-bond donors (Lipinski definition) is 0. The molecule has 14 rings (SSSR count). The summed E-state index contributed by atoms with van der Waals surface area (Å²) in [6.45, 7) is 0. The van der Waals surface area contributed by atoms with Gasteiger partial charge in [-0.1, -0.05) is 206 Å². The van der Waals surface area contributed by atoms with Crippen LogP contribution in [-0.2, 0) is 0 Å². The van der Waals surface area contributed by atoms with Crippen LogP contribution in [0.25, 0.3) is 136 Å². The molecular weight excluding hydrogens is 863 g/mol. The maximum Gasteiger partial charge on any atom is 0.0547 e. The quantitative estimate of drug-likeness (QED) is 0.140. The first-order valence-electron chi connectivity index (χ1n) is 24.1. The van der Waals surface area contributed by atoms with Gasteiger partial charge in [0.05, 0.1) is 11.0 Å². The fourth-order valence-electron chi connectivity index (χ4n) is 11.1. The molecule has 2 heterocycles. The molecule has 0 saturated carbocycles. The van der Waals surface area contributed by atoms with Crippen LogP contribution in [0.4, 0.5) is 0 Å². The number of para-hydroxylation sites is 1. The van der Waals surface area contributed by atoms with Crippen LogP contribution in [0, 0.1) is 0 Å². The summed E-state index contributed by atoms with van der Waals surface area (Å²) in [5.74, 6) is 0. The highest BCUT2D eigenvalue weighted by molar-refractivity contribution is 7.26. The molecule has 326 valence electrons. The summed E-state index contributed by atoms with van der Waals surface area (Å²) in [6.07, 6.45) is 0. The van der Waals surface area contributed by atoms with Crippen molar-refractivity contribution in [2.24, 2.45) is 0 Å². The SMILES string of the molecule is c1ccc(-c2ccc3sc4c(-c5ccc6c7ccccc7n(-c7ccc(-c8ccc9c(-c%10ccccc%10)c%10ccccc%10c(-c%10ccccc%10)c9c8)cc7)c6c5)cc(-c5ccccc5)cc4c3c2)cc1. The lowest BCUT2D eigenvalue weighted by Gasteiger charge is -2.19. The molecule has 14 aromatic rings. The summed E-state index contributed by atoms with van der Waals surface area (Å²) in [5, 5.41) is 10.1. The van der Waals surface area contributed by atoms with Gasteiger partial charge in [0, 0.05) is 42.2 Å². The molecular formula is C68H43NS. The summed E-state index contributed by atoms with van der Waals surface area (Å²) < 4.78 is 5.06. The molecule has 1 nitrogen and oxygen atoms in total. The van der Waals surface area contributed by atoms with Gasteiger partial charge in [-0.2, -0.15) is 0 Å². The van der Waals surface area contributed by atoms with Gasteiger partial charge in [0.25, 0.3) is 0 Å². The average Bonchev–Trinajstić information content (AvgIpc) is 3.98. The van der Waals surface area contributed by atoms with Crippen molar-refractivity contribution in [1.29, 1.82) is 0 Å². The van der Waals surface area contributed by atoms with Crippen molar-refractivity contribution in [2.45, 2.75) is 0 Å². The second-order valence-corrected chi connectivity index (χ2v) is 19.4. The first kappa shape index (κ1) is 40.3. The van der Waals surface area contributed by atoms with Gasteiger partial charge in [-0.15, -0.1) is 11.3 Å². The standard InChI is InChI=1S/C68H43NS/c1-5-17-44(18-6-1)50-33-38-65-60(39-50)62-42-52(45-19-7-2-8-20-45)41-59(68(62)70-65)51-32-36-55-54-25-15-16-28-63(54)69(64(55)43-51)53-34-29-46(30-35-53)49-31-37-58-61(40-49)67(48-23-11-4-12-24-48)57-27-14-13-26-56(57)66(58)47-21-9-3-10-22-47/h1-43H. The number of benzene rings is 12. The van der Waals surface area contributed by atoms with Crippen LogP contribution < -0.4 is 0 Å². The predicted molar refractivity (Wildman–Crippen MR) is 301 cm³/mol. The summed E-state index contributed by atoms with van der Waals surface area (Å²) in [4.78, 5) is 0. The third-order valence-electron chi connectivity index (χ3n) is 14.4. The van der Waals surface area contributed by atoms with Crippen molar-refractivity contribution in [1.82, 2.24) is 4.57 Å². The topological polar surface area (TPSA) is 4.93 Å². The molecule has 0 fully saturated rings. The van der Waals surface area contributed by atoms with Crippen molar-refractivity contribution >= 4 is 74.9 Å². The van der Waals surface area contributed by atoms with E-state index in [1.165, 1.54) is 130 Å². The van der Waals surface area contributed by atoms with Gasteiger partial charge in [-0.05, 0) is 137 Å². The van der Waals surface area contributed by atoms with Crippen LogP contribution in [0.1, 0.15) is 0 Å². The number of thiophene rings is 1. The number of hydrogen-bond acceptors (Lipinski definition) is 1. The third-order valence-corrected chi connectivity index (χ3v) is 15.6. The first-order valence-corrected chi connectivity index (χ1v) is 24.9. The highest BCUT2D eigenvalue weighted by Gasteiger charge is 2.20. The van der Waals surface area contributed by atoms with Crippen molar-refractivity contribution in [3.63, 3.8) is 0 Å². The normalized spacial score (nSPS) is 11.7. The van der Waals surface area contributed by atoms with Gasteiger partial charge in [0.1, 0.15) is 0 Å². The van der Waals surface area contributed by atoms with E-state index >= 15 is 0 Å². The largest absolute Gasteiger partial charge is 0.309 e. The van der Waals surface area contributed by atoms with E-state index in [9.17, 15) is 0 Å². The number of rotatable bonds is 7. The van der Waals surface area contributed by atoms with Gasteiger partial charge < -0.3 is 4.57 Å². The Morgan fingerprint density at radius 2 is 0.686 bits per heavy atom. The van der Waals surface area contributed by atoms with Crippen LogP contribution in [0.3, 0.4) is 0 Å². The van der Waals surface area contributed by atoms with Gasteiger partial charge >= 0.3 is 0 Å². The Labute approximate surface area is 410 Å². The molecule has 2 heteroatoms. The van der Waals surface area contributed by atoms with Crippen molar-refractivity contribution in [3.8, 4) is 72.4 Å². The van der Waals surface area contributed by atoms with E-state index < -0.39 is 0 Å². The zero-order chi connectivity index (χ0) is 46.1. The zero-order valence-corrected chi connectivity index (χ0v) is 39.0. The monoisotopic (exact) mass is 905 g/mol. The minimum Gasteiger partial charge on any atom is -0.309 e. The third kappa shape index (κ3) is 6.60. The Bertz CT molecular complexity index is 4300. The van der Waals surface area contributed by atoms with Crippen molar-refractivity contribution < 1.29 is 0 Å². The maximum atomic E-state index is 2.46. The second kappa shape index (κ2) is 16.5. The van der Waals surface area contributed by atoms with Crippen molar-refractivity contribution in [2.75, 3.05) is 0 Å². The van der Waals surface area contributed by atoms with Crippen molar-refractivity contribution in [3.05, 3.63) is 261 Å². The lowest BCUT2D eigenvalue weighted by molar-refractivity contribution is 1.18. The van der Waals surface area contributed by atoms with E-state index in [0.717, 1.165) is 5.69 Å². The molecule has 0 bridgehead atoms. The minimum atomic E-state index is 1.13. The van der Waals surface area contributed by atoms with E-state index in [-0.39, 0.29) is 0 Å². The fourth-order valence-corrected chi connectivity index (χ4v) is 12.3. The molecule has 0 aliphatic carbocycles. The van der Waals surface area contributed by atoms with Gasteiger partial charge in [-0.3, -0.25) is 0 Å². The van der Waals surface area contributed by atoms with E-state index in [1.54, 1.807) is 0 Å². The molecule has 12 aromatic carbocycles. The number of fused-ring (bicyclic) bond motifs is 8. The van der Waals surface area contributed by atoms with E-state index in [1.807, 2.05) is 11.3 Å². The Balaban J connectivity index is 0.929. The van der Waals surface area contributed by atoms with Gasteiger partial charge in [-0.25, -0.2) is 0 Å². The van der Waals surface area contributed by atoms with Crippen LogP contribution in [0.15, 0.2) is 261 Å². The molecule has 2 aromatic heterocycles. The van der Waals surface area contributed by atoms with Crippen LogP contribution in [-0.4, -0.2) is 4.57 Å². The van der Waals surface area contributed by atoms with Crippen LogP contribution >= 0.6 is 11.3 Å². The summed E-state index contributed by atoms with van der Waals surface area (Å²) in [5.41, 5.74) is 18.2. The Kier molecular flexibility index (Phi) is 9.46. The molecule has 0 atom stereocenters. The van der Waals surface area contributed by atoms with Gasteiger partial charge in [0.2, 0.25) is 0 Å². The Morgan fingerprint density at radius 3 is 1.34 bits per heavy atom. The lowest BCUT2D eigenvalue weighted by Crippen LogP contribution is -1.94. The first-order chi connectivity index (χ1) is 34.7. The van der Waals surface area contributed by atoms with E-state index in [2.05, 4.69) is 265 Å². The summed E-state index contributed by atoms with van der Waals surface area (Å²) >= 11 is 1.89. The number of aromatic nitrogens is 1. The molecule has 70 heavy (non-hydrogen) atoms. The summed E-state index contributed by atoms with van der Waals surface area (Å²) in [6, 6.07) is 96.2. The van der Waals surface area contributed by atoms with Crippen LogP contribution in [0.2, 0.25) is 0 Å².